The number of carbonyl (C=O) groups is 6. The molecule has 20 atom stereocenters. The summed E-state index contributed by atoms with van der Waals surface area (Å²) >= 11 is 2.33. The van der Waals surface area contributed by atoms with Crippen molar-refractivity contribution in [2.75, 3.05) is 189 Å². The van der Waals surface area contributed by atoms with Gasteiger partial charge in [0.2, 0.25) is 11.2 Å². The van der Waals surface area contributed by atoms with Crippen LogP contribution in [-0.4, -0.2) is 319 Å². The first kappa shape index (κ1) is 106. The number of carbonyl (C=O) groups excluding carboxylic acids is 6. The molecule has 2 aliphatic carbocycles. The number of hydrogen-bond acceptors (Lipinski definition) is 32. The fourth-order valence-corrected chi connectivity index (χ4v) is 32.2. The lowest BCUT2D eigenvalue weighted by atomic mass is 9.47. The Labute approximate surface area is 840 Å². The maximum atomic E-state index is 15.7. The number of aromatic nitrogens is 2. The normalized spacial score (nSPS) is 33.0. The summed E-state index contributed by atoms with van der Waals surface area (Å²) < 4.78 is 95.2. The van der Waals surface area contributed by atoms with Crippen LogP contribution in [0.2, 0.25) is 0 Å². The fourth-order valence-electron chi connectivity index (χ4n) is 28.8. The van der Waals surface area contributed by atoms with E-state index in [0.717, 1.165) is 64.7 Å². The summed E-state index contributed by atoms with van der Waals surface area (Å²) in [6.07, 6.45) is 11.9. The van der Waals surface area contributed by atoms with Gasteiger partial charge in [0.05, 0.1) is 105 Å². The molecule has 2 spiro atoms. The summed E-state index contributed by atoms with van der Waals surface area (Å²) in [5.74, 6) is -3.36. The molecule has 6 fully saturated rings. The Bertz CT molecular complexity index is 5900. The van der Waals surface area contributed by atoms with Gasteiger partial charge in [0.1, 0.15) is 22.3 Å². The van der Waals surface area contributed by atoms with Gasteiger partial charge in [-0.2, -0.15) is 0 Å². The molecule has 37 heteroatoms. The number of hydrogen-bond donors (Lipinski definition) is 8. The van der Waals surface area contributed by atoms with Crippen LogP contribution in [0.25, 0.3) is 21.8 Å². The number of nitrogens with one attached hydrogen (secondary N) is 3. The molecule has 0 radical (unpaired) electrons. The van der Waals surface area contributed by atoms with Crippen LogP contribution >= 0.6 is 37.8 Å². The molecule has 6 aromatic rings. The molecule has 10 aliphatic heterocycles. The number of halogens is 1. The van der Waals surface area contributed by atoms with Crippen molar-refractivity contribution < 1.29 is 114 Å². The number of nitrogens with zero attached hydrogens (tertiary/aromatic N) is 6. The SMILES string of the molecule is CCOP(=O)(CCN)OCC.CCOP(=O)(CCNc1ccc2[nH]c3c(c2c1)CCN1C[C@@H](C[C@@](O)(CC)C1)C[C@]3(C(=O)OC)c1cc2c(cc1OC)N(C)[C@H]1[C@@](O)(C(=O)OC)[C@H](OC(C)=O)[C@]3(CC)C=CCN4CC[C@]21[C@@H]43)OCC.CC[C@]1(O)C[C@@H]2CN(CCc3c([nH]c4ccc(I)cc34)[C@@](C(=O)OC)(c3cc4c(cc3OC)N(C)[C@H]3[C@@](O)(C(=O)OC)[C@H](OC(C)=O)[C@]5(CC)C=CCN6CC[C@]43[C@@H]65)C2)C1. The molecular weight excluding hydrogens is 1960 g/mol. The molecule has 9 N–H and O–H groups in total. The number of likely N-dealkylation sites (N-methyl/N-ethyl adjacent to an activating group) is 2. The predicted molar refractivity (Wildman–Crippen MR) is 543 cm³/mol. The average Bonchev–Trinajstić information content (AvgIpc) is 1.49. The van der Waals surface area contributed by atoms with Gasteiger partial charge in [-0.25, -0.2) is 9.59 Å². The smallest absolute Gasteiger partial charge is 0.344 e. The molecule has 34 nitrogen and oxygen atoms in total. The number of nitrogens with two attached hydrogens (primary N) is 1. The molecule has 12 heterocycles. The minimum absolute atomic E-state index is 0.103. The predicted octanol–water partition coefficient (Wildman–Crippen LogP) is 11.5. The Morgan fingerprint density at radius 3 is 1.28 bits per heavy atom. The van der Waals surface area contributed by atoms with Gasteiger partial charge in [-0.05, 0) is 223 Å². The van der Waals surface area contributed by atoms with E-state index in [0.29, 0.717) is 203 Å². The zero-order chi connectivity index (χ0) is 102. The lowest BCUT2D eigenvalue weighted by Gasteiger charge is -2.63. The number of benzene rings is 4. The number of anilines is 3. The number of fused-ring (bicyclic) bond motifs is 12. The van der Waals surface area contributed by atoms with Crippen molar-refractivity contribution in [1.82, 2.24) is 29.6 Å². The van der Waals surface area contributed by atoms with Crippen molar-refractivity contribution in [3.05, 3.63) is 133 Å². The third kappa shape index (κ3) is 16.9. The van der Waals surface area contributed by atoms with E-state index < -0.39 is 130 Å². The van der Waals surface area contributed by atoms with Gasteiger partial charge in [-0.3, -0.25) is 47.9 Å². The highest BCUT2D eigenvalue weighted by atomic mass is 127. The highest BCUT2D eigenvalue weighted by molar-refractivity contribution is 14.1. The van der Waals surface area contributed by atoms with E-state index in [1.54, 1.807) is 41.9 Å². The maximum Gasteiger partial charge on any atom is 0.344 e. The molecule has 2 saturated carbocycles. The van der Waals surface area contributed by atoms with Crippen molar-refractivity contribution in [3.8, 4) is 11.5 Å². The van der Waals surface area contributed by atoms with E-state index in [9.17, 15) is 48.7 Å². The molecule has 141 heavy (non-hydrogen) atoms. The topological polar surface area (TPSA) is 417 Å². The van der Waals surface area contributed by atoms with Gasteiger partial charge in [0.25, 0.3) is 0 Å². The minimum atomic E-state index is -3.31. The second-order valence-electron chi connectivity index (χ2n) is 40.8. The largest absolute Gasteiger partial charge is 0.496 e. The quantitative estimate of drug-likeness (QED) is 0.00743. The number of aliphatic hydroxyl groups is 4. The van der Waals surface area contributed by atoms with Crippen molar-refractivity contribution in [3.63, 3.8) is 0 Å². The van der Waals surface area contributed by atoms with Gasteiger partial charge in [0.15, 0.2) is 12.2 Å². The van der Waals surface area contributed by atoms with Gasteiger partial charge >= 0.3 is 51.0 Å². The Morgan fingerprint density at radius 1 is 0.504 bits per heavy atom. The van der Waals surface area contributed by atoms with E-state index >= 15 is 9.59 Å². The van der Waals surface area contributed by atoms with Crippen molar-refractivity contribution in [1.29, 1.82) is 0 Å². The standard InChI is InChI=1S/C52H72N5O12P.C46H57IN4O9.C6H16NO3P/c1-10-48(61)28-33-29-51(46(59)65-8,42-35(17-22-56(30-33)31-48)36-25-34(15-16-39(36)54-42)53-20-24-70(63,67-12-3)68-13-4)38-26-37-40(27-41(38)64-7)55(6)44-50(37)19-23-57-21-14-18-49(11-2,43(50)57)45(69-32(5)58)52(44,62)47(60)66-9;1-8-42(55)22-27-23-45(40(53)58-6,36-29(13-17-50(24-27)25-42)30-19-28(47)11-12-33(30)48-36)32-20-31-34(21-35(32)57-5)49(4)38-44(31)15-18-51-16-10-14-43(9-2,37(44)51)39(60-26(3)52)46(38,56)41(54)59-7;1-3-9-11(8,6-5-7)10-4-2/h14-16,18,25-27,33,43-45,53-54,61-62H,10-13,17,19-24,28-31H2,1-9H3;10-12,14,19-21,27,37-39,48,55-56H,8-9,13,15-18,22-25H2,1-7H3;3-7H2,1-2H3/t33-,43-,44+,45+,48-,49+,50+,51-,52-;27-,37-,38+,39+,42-,43+,44+,45-,46-;/m00./s1. The molecule has 2 unspecified atom stereocenters. The van der Waals surface area contributed by atoms with Crippen molar-refractivity contribution >= 4 is 112 Å². The molecule has 772 valence electrons. The molecule has 0 amide bonds. The summed E-state index contributed by atoms with van der Waals surface area (Å²) in [7, 11) is 6.09. The summed E-state index contributed by atoms with van der Waals surface area (Å²) in [5.41, 5.74) is 1.99. The summed E-state index contributed by atoms with van der Waals surface area (Å²) in [6, 6.07) is 17.8. The Hall–Kier alpha value is -8.07. The first-order chi connectivity index (χ1) is 67.2. The molecule has 4 bridgehead atoms. The first-order valence-corrected chi connectivity index (χ1v) is 54.7. The van der Waals surface area contributed by atoms with Crippen LogP contribution in [0.3, 0.4) is 0 Å². The highest BCUT2D eigenvalue weighted by Gasteiger charge is 2.83. The number of rotatable bonds is 28. The van der Waals surface area contributed by atoms with Crippen LogP contribution < -0.4 is 30.3 Å². The molecular formula is C104H145IN10O24P2. The van der Waals surface area contributed by atoms with Gasteiger partial charge in [-0.1, -0.05) is 52.0 Å². The minimum Gasteiger partial charge on any atom is -0.496 e. The van der Waals surface area contributed by atoms with E-state index in [4.69, 9.17) is 61.7 Å². The zero-order valence-electron chi connectivity index (χ0n) is 84.9. The lowest BCUT2D eigenvalue weighted by molar-refractivity contribution is -0.229. The van der Waals surface area contributed by atoms with Crippen LogP contribution in [0, 0.1) is 26.2 Å². The van der Waals surface area contributed by atoms with E-state index in [1.807, 2.05) is 88.0 Å². The number of H-pyrrole nitrogens is 2. The molecule has 4 saturated heterocycles. The number of piperidine rings is 2. The van der Waals surface area contributed by atoms with E-state index in [2.05, 4.69) is 106 Å². The van der Waals surface area contributed by atoms with Crippen LogP contribution in [0.4, 0.5) is 17.1 Å². The third-order valence-corrected chi connectivity index (χ3v) is 38.6. The average molecular weight is 2110 g/mol. The van der Waals surface area contributed by atoms with Crippen LogP contribution in [-0.2, 0) is 119 Å². The monoisotopic (exact) mass is 2110 g/mol. The number of ether oxygens (including phenoxy) is 8. The molecule has 2 aromatic heterocycles. The van der Waals surface area contributed by atoms with Gasteiger partial charge in [-0.15, -0.1) is 0 Å². The lowest BCUT2D eigenvalue weighted by Crippen LogP contribution is -2.81. The van der Waals surface area contributed by atoms with E-state index in [-0.39, 0.29) is 49.7 Å². The molecule has 4 aromatic carbocycles. The highest BCUT2D eigenvalue weighted by Crippen LogP contribution is 2.72. The maximum absolute atomic E-state index is 15.7. The van der Waals surface area contributed by atoms with Crippen LogP contribution in [0.15, 0.2) is 85.0 Å². The third-order valence-electron chi connectivity index (χ3n) is 33.8. The summed E-state index contributed by atoms with van der Waals surface area (Å²) in [6.45, 7) is 26.1. The van der Waals surface area contributed by atoms with Gasteiger partial charge < -0.3 is 107 Å². The van der Waals surface area contributed by atoms with Crippen LogP contribution in [0.5, 0.6) is 11.5 Å². The summed E-state index contributed by atoms with van der Waals surface area (Å²) in [5, 5.41) is 56.4. The Balaban J connectivity index is 0.000000185. The Kier molecular flexibility index (Phi) is 30.2. The van der Waals surface area contributed by atoms with Crippen LogP contribution in [0.1, 0.15) is 178 Å². The van der Waals surface area contributed by atoms with E-state index in [1.165, 1.54) is 42.3 Å². The Morgan fingerprint density at radius 2 is 0.908 bits per heavy atom. The molecule has 18 rings (SSSR count). The van der Waals surface area contributed by atoms with Gasteiger partial charge in [0, 0.05) is 204 Å². The molecule has 12 aliphatic rings. The zero-order valence-corrected chi connectivity index (χ0v) is 88.8. The van der Waals surface area contributed by atoms with Crippen molar-refractivity contribution in [2.24, 2.45) is 28.4 Å². The fraction of sp³-hybridized carbons (Fsp3) is 0.635. The number of esters is 6. The number of methoxy groups -OCH3 is 6. The summed E-state index contributed by atoms with van der Waals surface area (Å²) in [4.78, 5) is 107. The number of aromatic amines is 2. The first-order valence-electron chi connectivity index (χ1n) is 50.2. The second-order valence-corrected chi connectivity index (χ2v) is 46.4. The van der Waals surface area contributed by atoms with Crippen molar-refractivity contribution in [2.45, 2.75) is 227 Å². The second kappa shape index (κ2) is 40.3.